The number of nitrogens with one attached hydrogen (secondary N) is 1. The van der Waals surface area contributed by atoms with Crippen LogP contribution in [0, 0.1) is 0 Å². The van der Waals surface area contributed by atoms with Crippen LogP contribution in [0.5, 0.6) is 0 Å². The number of amides is 1. The number of hydrogen-bond donors (Lipinski definition) is 2. The molecule has 2 rings (SSSR count). The average Bonchev–Trinajstić information content (AvgIpc) is 2.85. The first-order valence-electron chi connectivity index (χ1n) is 7.10. The monoisotopic (exact) mass is 291 g/mol. The minimum Gasteiger partial charge on any atom is -0.462 e. The molecule has 1 fully saturated rings. The SMILES string of the molecule is CCOC(=O)c1cccc(N)c1N1CCC(NC(C)=O)C1. The molecule has 21 heavy (non-hydrogen) atoms. The molecule has 1 aromatic carbocycles. The fraction of sp³-hybridized carbons (Fsp3) is 0.467. The number of ether oxygens (including phenoxy) is 1. The Morgan fingerprint density at radius 1 is 1.48 bits per heavy atom. The van der Waals surface area contributed by atoms with Gasteiger partial charge in [0.05, 0.1) is 23.5 Å². The van der Waals surface area contributed by atoms with E-state index in [1.165, 1.54) is 6.92 Å². The predicted octanol–water partition coefficient (Wildman–Crippen LogP) is 1.16. The molecule has 1 amide bonds. The number of benzene rings is 1. The van der Waals surface area contributed by atoms with Crippen molar-refractivity contribution in [3.63, 3.8) is 0 Å². The molecule has 114 valence electrons. The summed E-state index contributed by atoms with van der Waals surface area (Å²) in [4.78, 5) is 25.2. The molecule has 0 radical (unpaired) electrons. The number of rotatable bonds is 4. The Morgan fingerprint density at radius 2 is 2.24 bits per heavy atom. The molecule has 6 nitrogen and oxygen atoms in total. The van der Waals surface area contributed by atoms with Crippen molar-refractivity contribution < 1.29 is 14.3 Å². The van der Waals surface area contributed by atoms with Crippen LogP contribution in [0.15, 0.2) is 18.2 Å². The molecule has 0 aliphatic carbocycles. The maximum Gasteiger partial charge on any atom is 0.340 e. The molecular formula is C15H21N3O3. The van der Waals surface area contributed by atoms with Crippen LogP contribution >= 0.6 is 0 Å². The summed E-state index contributed by atoms with van der Waals surface area (Å²) in [5.41, 5.74) is 7.76. The zero-order valence-electron chi connectivity index (χ0n) is 12.4. The largest absolute Gasteiger partial charge is 0.462 e. The topological polar surface area (TPSA) is 84.7 Å². The highest BCUT2D eigenvalue weighted by Gasteiger charge is 2.28. The summed E-state index contributed by atoms with van der Waals surface area (Å²) >= 11 is 0. The normalized spacial score (nSPS) is 17.6. The van der Waals surface area contributed by atoms with Gasteiger partial charge in [0.2, 0.25) is 5.91 Å². The minimum absolute atomic E-state index is 0.0477. The van der Waals surface area contributed by atoms with Crippen molar-refractivity contribution in [3.05, 3.63) is 23.8 Å². The second-order valence-electron chi connectivity index (χ2n) is 5.10. The highest BCUT2D eigenvalue weighted by Crippen LogP contribution is 2.31. The number of nitrogen functional groups attached to an aromatic ring is 1. The van der Waals surface area contributed by atoms with Gasteiger partial charge in [0.15, 0.2) is 0 Å². The Kier molecular flexibility index (Phi) is 4.67. The molecule has 1 atom stereocenters. The lowest BCUT2D eigenvalue weighted by Crippen LogP contribution is -2.36. The Morgan fingerprint density at radius 3 is 2.90 bits per heavy atom. The molecule has 0 aromatic heterocycles. The van der Waals surface area contributed by atoms with Gasteiger partial charge in [0, 0.05) is 26.1 Å². The van der Waals surface area contributed by atoms with Crippen LogP contribution in [0.1, 0.15) is 30.6 Å². The summed E-state index contributed by atoms with van der Waals surface area (Å²) in [6, 6.07) is 5.31. The lowest BCUT2D eigenvalue weighted by Gasteiger charge is -2.23. The highest BCUT2D eigenvalue weighted by atomic mass is 16.5. The summed E-state index contributed by atoms with van der Waals surface area (Å²) in [5, 5.41) is 2.90. The van der Waals surface area contributed by atoms with E-state index in [-0.39, 0.29) is 17.9 Å². The molecule has 1 aromatic rings. The summed E-state index contributed by atoms with van der Waals surface area (Å²) < 4.78 is 5.08. The smallest absolute Gasteiger partial charge is 0.340 e. The van der Waals surface area contributed by atoms with E-state index in [9.17, 15) is 9.59 Å². The van der Waals surface area contributed by atoms with Crippen LogP contribution in [0.25, 0.3) is 0 Å². The van der Waals surface area contributed by atoms with E-state index >= 15 is 0 Å². The summed E-state index contributed by atoms with van der Waals surface area (Å²) in [5.74, 6) is -0.420. The number of anilines is 2. The van der Waals surface area contributed by atoms with Gasteiger partial charge in [-0.05, 0) is 25.5 Å². The molecule has 1 aliphatic heterocycles. The molecule has 1 aliphatic rings. The molecule has 0 bridgehead atoms. The van der Waals surface area contributed by atoms with Crippen LogP contribution in [0.2, 0.25) is 0 Å². The second kappa shape index (κ2) is 6.47. The number of carbonyl (C=O) groups excluding carboxylic acids is 2. The first-order valence-corrected chi connectivity index (χ1v) is 7.10. The van der Waals surface area contributed by atoms with Crippen molar-refractivity contribution in [2.45, 2.75) is 26.3 Å². The minimum atomic E-state index is -0.372. The van der Waals surface area contributed by atoms with Gasteiger partial charge in [-0.3, -0.25) is 4.79 Å². The fourth-order valence-corrected chi connectivity index (χ4v) is 2.66. The van der Waals surface area contributed by atoms with E-state index in [0.717, 1.165) is 13.0 Å². The molecule has 1 unspecified atom stereocenters. The Labute approximate surface area is 124 Å². The Bertz CT molecular complexity index is 545. The third-order valence-corrected chi connectivity index (χ3v) is 3.47. The number of nitrogens with two attached hydrogens (primary N) is 1. The van der Waals surface area contributed by atoms with E-state index in [0.29, 0.717) is 30.1 Å². The van der Waals surface area contributed by atoms with E-state index in [2.05, 4.69) is 5.32 Å². The molecular weight excluding hydrogens is 270 g/mol. The average molecular weight is 291 g/mol. The van der Waals surface area contributed by atoms with Crippen LogP contribution in [-0.4, -0.2) is 37.6 Å². The van der Waals surface area contributed by atoms with Crippen molar-refractivity contribution in [1.29, 1.82) is 0 Å². The first kappa shape index (κ1) is 15.2. The Hall–Kier alpha value is -2.24. The number of para-hydroxylation sites is 1. The first-order chi connectivity index (χ1) is 10.0. The molecule has 6 heteroatoms. The van der Waals surface area contributed by atoms with Gasteiger partial charge in [-0.25, -0.2) is 4.79 Å². The molecule has 1 saturated heterocycles. The van der Waals surface area contributed by atoms with Gasteiger partial charge in [-0.15, -0.1) is 0 Å². The number of carbonyl (C=O) groups is 2. The predicted molar refractivity (Wildman–Crippen MR) is 81.2 cm³/mol. The second-order valence-corrected chi connectivity index (χ2v) is 5.10. The van der Waals surface area contributed by atoms with Crippen molar-refractivity contribution >= 4 is 23.3 Å². The molecule has 3 N–H and O–H groups in total. The Balaban J connectivity index is 2.23. The molecule has 0 spiro atoms. The van der Waals surface area contributed by atoms with Gasteiger partial charge in [-0.1, -0.05) is 6.07 Å². The summed E-state index contributed by atoms with van der Waals surface area (Å²) in [6.07, 6.45) is 0.830. The van der Waals surface area contributed by atoms with Gasteiger partial charge in [0.1, 0.15) is 0 Å². The summed E-state index contributed by atoms with van der Waals surface area (Å²) in [7, 11) is 0. The van der Waals surface area contributed by atoms with Crippen LogP contribution in [0.4, 0.5) is 11.4 Å². The van der Waals surface area contributed by atoms with E-state index in [1.807, 2.05) is 4.90 Å². The third kappa shape index (κ3) is 3.45. The standard InChI is InChI=1S/C15H21N3O3/c1-3-21-15(20)12-5-4-6-13(16)14(12)18-8-7-11(9-18)17-10(2)19/h4-6,11H,3,7-9,16H2,1-2H3,(H,17,19). The van der Waals surface area contributed by atoms with Crippen LogP contribution in [-0.2, 0) is 9.53 Å². The van der Waals surface area contributed by atoms with Crippen molar-refractivity contribution in [1.82, 2.24) is 5.32 Å². The van der Waals surface area contributed by atoms with Gasteiger partial charge < -0.3 is 20.7 Å². The molecule has 1 heterocycles. The van der Waals surface area contributed by atoms with Gasteiger partial charge >= 0.3 is 5.97 Å². The zero-order chi connectivity index (χ0) is 15.4. The lowest BCUT2D eigenvalue weighted by molar-refractivity contribution is -0.119. The van der Waals surface area contributed by atoms with Crippen LogP contribution < -0.4 is 16.0 Å². The molecule has 0 saturated carbocycles. The van der Waals surface area contributed by atoms with Crippen molar-refractivity contribution in [2.24, 2.45) is 0 Å². The fourth-order valence-electron chi connectivity index (χ4n) is 2.66. The van der Waals surface area contributed by atoms with Crippen LogP contribution in [0.3, 0.4) is 0 Å². The number of nitrogens with zero attached hydrogens (tertiary/aromatic N) is 1. The van der Waals surface area contributed by atoms with Gasteiger partial charge in [-0.2, -0.15) is 0 Å². The zero-order valence-corrected chi connectivity index (χ0v) is 12.4. The van der Waals surface area contributed by atoms with Gasteiger partial charge in [0.25, 0.3) is 0 Å². The quantitative estimate of drug-likeness (QED) is 0.642. The summed E-state index contributed by atoms with van der Waals surface area (Å²) in [6.45, 7) is 4.98. The van der Waals surface area contributed by atoms with E-state index in [1.54, 1.807) is 25.1 Å². The van der Waals surface area contributed by atoms with E-state index in [4.69, 9.17) is 10.5 Å². The maximum absolute atomic E-state index is 12.1. The van der Waals surface area contributed by atoms with Crippen molar-refractivity contribution in [2.75, 3.05) is 30.3 Å². The van der Waals surface area contributed by atoms with Crippen molar-refractivity contribution in [3.8, 4) is 0 Å². The highest BCUT2D eigenvalue weighted by molar-refractivity contribution is 5.99. The van der Waals surface area contributed by atoms with E-state index < -0.39 is 0 Å². The number of hydrogen-bond acceptors (Lipinski definition) is 5. The maximum atomic E-state index is 12.1. The third-order valence-electron chi connectivity index (χ3n) is 3.47. The number of esters is 1. The lowest BCUT2D eigenvalue weighted by atomic mass is 10.1.